The minimum atomic E-state index is -2.00. The number of rotatable bonds is 2. The summed E-state index contributed by atoms with van der Waals surface area (Å²) in [5.74, 6) is -4.45. The molecule has 5 aliphatic rings. The highest BCUT2D eigenvalue weighted by atomic mass is 19.1. The molecule has 2 bridgehead atoms. The number of fused-ring (bicyclic) bond motifs is 5. The SMILES string of the molecule is CC1=CC23C(=O)C(C=C4COC(C)(C)OC4C2(O)C1OC(=O)c1ccc(F)cc1F)C1C(C[C@H]3C)C1(C)C. The van der Waals surface area contributed by atoms with Crippen LogP contribution < -0.4 is 0 Å². The molecule has 3 fully saturated rings. The Morgan fingerprint density at radius 1 is 1.18 bits per heavy atom. The van der Waals surface area contributed by atoms with Gasteiger partial charge in [0.05, 0.1) is 17.6 Å². The van der Waals surface area contributed by atoms with Gasteiger partial charge in [-0.3, -0.25) is 4.79 Å². The predicted octanol–water partition coefficient (Wildman–Crippen LogP) is 4.76. The number of esters is 1. The Hall–Kier alpha value is -2.42. The Balaban J connectivity index is 1.51. The van der Waals surface area contributed by atoms with Crippen molar-refractivity contribution in [3.05, 3.63) is 58.7 Å². The standard InChI is InChI=1S/C30H34F2O6/c1-14-12-29-15(2)9-20-22(27(20,3)4)19(23(29)33)10-16-13-36-28(5,6)38-25(16)30(29,35)24(14)37-26(34)18-8-7-17(31)11-21(18)32/h7-8,10-12,15,19-20,22,24-25,35H,9,13H2,1-6H3/t15-,19?,20?,22?,24?,25?,29?,30?/m1/s1. The molecular weight excluding hydrogens is 494 g/mol. The molecule has 1 aromatic rings. The topological polar surface area (TPSA) is 82.1 Å². The fraction of sp³-hybridized carbons (Fsp3) is 0.600. The summed E-state index contributed by atoms with van der Waals surface area (Å²) in [4.78, 5) is 27.9. The zero-order valence-corrected chi connectivity index (χ0v) is 22.5. The smallest absolute Gasteiger partial charge is 0.341 e. The van der Waals surface area contributed by atoms with Gasteiger partial charge < -0.3 is 19.3 Å². The van der Waals surface area contributed by atoms with Crippen LogP contribution in [-0.2, 0) is 19.0 Å². The first-order valence-electron chi connectivity index (χ1n) is 13.3. The van der Waals surface area contributed by atoms with Crippen LogP contribution >= 0.6 is 0 Å². The average molecular weight is 529 g/mol. The average Bonchev–Trinajstić information content (AvgIpc) is 3.31. The molecule has 0 amide bonds. The lowest BCUT2D eigenvalue weighted by Crippen LogP contribution is -2.68. The van der Waals surface area contributed by atoms with Crippen molar-refractivity contribution in [3.8, 4) is 0 Å². The number of Topliss-reactive ketones (excluding diaryl/α,β-unsaturated/α-hetero) is 1. The Morgan fingerprint density at radius 2 is 1.89 bits per heavy atom. The van der Waals surface area contributed by atoms with E-state index in [0.717, 1.165) is 18.6 Å². The van der Waals surface area contributed by atoms with E-state index in [1.807, 2.05) is 13.0 Å². The second-order valence-electron chi connectivity index (χ2n) is 12.9. The van der Waals surface area contributed by atoms with Gasteiger partial charge in [0.2, 0.25) is 0 Å². The van der Waals surface area contributed by atoms with Gasteiger partial charge in [-0.2, -0.15) is 0 Å². The first-order chi connectivity index (χ1) is 17.6. The number of carbonyl (C=O) groups is 2. The Labute approximate surface area is 221 Å². The zero-order chi connectivity index (χ0) is 27.6. The molecule has 4 aliphatic carbocycles. The summed E-state index contributed by atoms with van der Waals surface area (Å²) >= 11 is 0. The van der Waals surface area contributed by atoms with Crippen molar-refractivity contribution >= 4 is 11.8 Å². The highest BCUT2D eigenvalue weighted by molar-refractivity contribution is 5.96. The minimum absolute atomic E-state index is 0.0236. The highest BCUT2D eigenvalue weighted by Gasteiger charge is 2.77. The van der Waals surface area contributed by atoms with E-state index < -0.39 is 58.1 Å². The Morgan fingerprint density at radius 3 is 2.58 bits per heavy atom. The number of allylic oxidation sites excluding steroid dienone is 1. The summed E-state index contributed by atoms with van der Waals surface area (Å²) in [5.41, 5.74) is -2.74. The van der Waals surface area contributed by atoms with Crippen molar-refractivity contribution < 1.29 is 37.7 Å². The number of hydrogen-bond donors (Lipinski definition) is 1. The maximum atomic E-state index is 14.6. The summed E-state index contributed by atoms with van der Waals surface area (Å²) < 4.78 is 46.2. The third kappa shape index (κ3) is 3.20. The van der Waals surface area contributed by atoms with Gasteiger partial charge in [-0.05, 0) is 73.6 Å². The van der Waals surface area contributed by atoms with Crippen LogP contribution in [0.4, 0.5) is 8.78 Å². The molecule has 0 radical (unpaired) electrons. The molecule has 8 atom stereocenters. The Bertz CT molecular complexity index is 1310. The monoisotopic (exact) mass is 528 g/mol. The minimum Gasteiger partial charge on any atom is -0.451 e. The molecule has 2 saturated carbocycles. The van der Waals surface area contributed by atoms with Gasteiger partial charge in [-0.1, -0.05) is 32.9 Å². The molecule has 38 heavy (non-hydrogen) atoms. The van der Waals surface area contributed by atoms with E-state index in [0.29, 0.717) is 23.1 Å². The molecule has 6 rings (SSSR count). The molecule has 204 valence electrons. The van der Waals surface area contributed by atoms with Gasteiger partial charge in [0.15, 0.2) is 23.3 Å². The normalized spacial score (nSPS) is 42.0. The van der Waals surface area contributed by atoms with Gasteiger partial charge >= 0.3 is 5.97 Å². The first kappa shape index (κ1) is 25.8. The molecule has 1 saturated heterocycles. The van der Waals surface area contributed by atoms with Crippen molar-refractivity contribution in [1.29, 1.82) is 0 Å². The molecule has 1 heterocycles. The van der Waals surface area contributed by atoms with Crippen molar-refractivity contribution in [1.82, 2.24) is 0 Å². The van der Waals surface area contributed by atoms with Crippen LogP contribution in [0, 0.1) is 46.1 Å². The molecule has 6 nitrogen and oxygen atoms in total. The van der Waals surface area contributed by atoms with Gasteiger partial charge in [0.25, 0.3) is 0 Å². The van der Waals surface area contributed by atoms with Crippen LogP contribution in [-0.4, -0.2) is 47.1 Å². The van der Waals surface area contributed by atoms with E-state index in [4.69, 9.17) is 14.2 Å². The molecule has 0 aromatic heterocycles. The number of halogens is 2. The quantitative estimate of drug-likeness (QED) is 0.441. The van der Waals surface area contributed by atoms with Crippen LogP contribution in [0.3, 0.4) is 0 Å². The number of hydrogen-bond acceptors (Lipinski definition) is 6. The van der Waals surface area contributed by atoms with Crippen LogP contribution in [0.2, 0.25) is 0 Å². The maximum absolute atomic E-state index is 14.6. The van der Waals surface area contributed by atoms with Crippen molar-refractivity contribution in [3.63, 3.8) is 0 Å². The lowest BCUT2D eigenvalue weighted by Gasteiger charge is -2.52. The van der Waals surface area contributed by atoms with Crippen LogP contribution in [0.5, 0.6) is 0 Å². The van der Waals surface area contributed by atoms with E-state index in [9.17, 15) is 23.5 Å². The molecule has 7 unspecified atom stereocenters. The fourth-order valence-corrected chi connectivity index (χ4v) is 8.13. The number of aliphatic hydroxyl groups is 1. The zero-order valence-electron chi connectivity index (χ0n) is 22.5. The summed E-state index contributed by atoms with van der Waals surface area (Å²) in [5, 5.41) is 12.9. The lowest BCUT2D eigenvalue weighted by molar-refractivity contribution is -0.302. The summed E-state index contributed by atoms with van der Waals surface area (Å²) in [6.07, 6.45) is 2.10. The fourth-order valence-electron chi connectivity index (χ4n) is 8.13. The van der Waals surface area contributed by atoms with E-state index in [1.54, 1.807) is 26.8 Å². The third-order valence-electron chi connectivity index (χ3n) is 10.0. The van der Waals surface area contributed by atoms with Crippen LogP contribution in [0.15, 0.2) is 41.5 Å². The van der Waals surface area contributed by atoms with E-state index in [-0.39, 0.29) is 29.6 Å². The van der Waals surface area contributed by atoms with Crippen molar-refractivity contribution in [2.75, 3.05) is 6.61 Å². The van der Waals surface area contributed by atoms with Gasteiger partial charge in [-0.15, -0.1) is 0 Å². The predicted molar refractivity (Wildman–Crippen MR) is 133 cm³/mol. The van der Waals surface area contributed by atoms with Gasteiger partial charge in [0, 0.05) is 12.0 Å². The number of ketones is 1. The second kappa shape index (κ2) is 7.83. The van der Waals surface area contributed by atoms with E-state index in [1.165, 1.54) is 0 Å². The van der Waals surface area contributed by atoms with Crippen molar-refractivity contribution in [2.45, 2.75) is 71.6 Å². The molecule has 1 N–H and O–H groups in total. The number of benzene rings is 1. The van der Waals surface area contributed by atoms with Crippen molar-refractivity contribution in [2.24, 2.45) is 34.5 Å². The number of ether oxygens (including phenoxy) is 3. The van der Waals surface area contributed by atoms with E-state index >= 15 is 0 Å². The maximum Gasteiger partial charge on any atom is 0.341 e. The summed E-state index contributed by atoms with van der Waals surface area (Å²) in [6.45, 7) is 11.7. The largest absolute Gasteiger partial charge is 0.451 e. The first-order valence-corrected chi connectivity index (χ1v) is 13.3. The molecular formula is C30H34F2O6. The van der Waals surface area contributed by atoms with E-state index in [2.05, 4.69) is 13.8 Å². The Kier molecular flexibility index (Phi) is 5.32. The highest BCUT2D eigenvalue weighted by Crippen LogP contribution is 2.72. The molecule has 1 aliphatic heterocycles. The number of carbonyl (C=O) groups excluding carboxylic acids is 2. The lowest BCUT2D eigenvalue weighted by atomic mass is 9.59. The van der Waals surface area contributed by atoms with Crippen LogP contribution in [0.25, 0.3) is 0 Å². The molecule has 1 aromatic carbocycles. The third-order valence-corrected chi connectivity index (χ3v) is 10.0. The summed E-state index contributed by atoms with van der Waals surface area (Å²) in [7, 11) is 0. The van der Waals surface area contributed by atoms with Gasteiger partial charge in [-0.25, -0.2) is 13.6 Å². The van der Waals surface area contributed by atoms with Gasteiger partial charge in [0.1, 0.15) is 17.7 Å². The molecule has 8 heteroatoms. The van der Waals surface area contributed by atoms with Crippen LogP contribution in [0.1, 0.15) is 58.3 Å². The summed E-state index contributed by atoms with van der Waals surface area (Å²) in [6, 6.07) is 2.59. The molecule has 1 spiro atoms. The second-order valence-corrected chi connectivity index (χ2v) is 12.9.